The Morgan fingerprint density at radius 2 is 2.33 bits per heavy atom. The van der Waals surface area contributed by atoms with Crippen molar-refractivity contribution in [2.75, 3.05) is 12.3 Å². The van der Waals surface area contributed by atoms with Crippen LogP contribution in [0.25, 0.3) is 0 Å². The number of hydrogen-bond donors (Lipinski definition) is 1. The number of rotatable bonds is 1. The molecular weight excluding hydrogens is 258 g/mol. The highest BCUT2D eigenvalue weighted by atomic mass is 79.9. The molecule has 0 saturated heterocycles. The largest absolute Gasteiger partial charge is 0.456 e. The molecule has 0 amide bonds. The maximum absolute atomic E-state index is 10.9. The number of ether oxygens (including phenoxy) is 1. The Kier molecular flexibility index (Phi) is 4.19. The monoisotopic (exact) mass is 267 g/mol. The van der Waals surface area contributed by atoms with Crippen molar-refractivity contribution in [1.82, 2.24) is 0 Å². The van der Waals surface area contributed by atoms with Gasteiger partial charge < -0.3 is 10.5 Å². The lowest BCUT2D eigenvalue weighted by atomic mass is 10.2. The zero-order chi connectivity index (χ0) is 11.3. The molecule has 2 N–H and O–H groups in total. The Morgan fingerprint density at radius 3 is 2.93 bits per heavy atom. The molecule has 15 heavy (non-hydrogen) atoms. The fourth-order valence-corrected chi connectivity index (χ4v) is 1.31. The third-order valence-corrected chi connectivity index (χ3v) is 2.08. The molecular formula is C11H10BrNO2. The standard InChI is InChI=1S/C11H10BrNO2/c1-2-15-11(14)6-4-8-3-5-9(12)7-10(8)13/h3,5,7H,2,13H2,1H3. The summed E-state index contributed by atoms with van der Waals surface area (Å²) in [4.78, 5) is 10.9. The molecule has 0 heterocycles. The van der Waals surface area contributed by atoms with Crippen molar-refractivity contribution in [3.63, 3.8) is 0 Å². The molecule has 0 saturated carbocycles. The average Bonchev–Trinajstić information content (AvgIpc) is 2.17. The van der Waals surface area contributed by atoms with E-state index < -0.39 is 5.97 Å². The van der Waals surface area contributed by atoms with E-state index in [0.717, 1.165) is 4.47 Å². The van der Waals surface area contributed by atoms with E-state index in [1.807, 2.05) is 6.07 Å². The summed E-state index contributed by atoms with van der Waals surface area (Å²) in [5.41, 5.74) is 6.84. The minimum Gasteiger partial charge on any atom is -0.456 e. The van der Waals surface area contributed by atoms with Crippen LogP contribution in [0.3, 0.4) is 0 Å². The van der Waals surface area contributed by atoms with Gasteiger partial charge >= 0.3 is 5.97 Å². The van der Waals surface area contributed by atoms with E-state index in [-0.39, 0.29) is 0 Å². The van der Waals surface area contributed by atoms with Crippen LogP contribution in [0.15, 0.2) is 22.7 Å². The second kappa shape index (κ2) is 5.42. The first-order valence-corrected chi connectivity index (χ1v) is 5.16. The Hall–Kier alpha value is -1.47. The molecule has 3 nitrogen and oxygen atoms in total. The van der Waals surface area contributed by atoms with Crippen LogP contribution in [0.4, 0.5) is 5.69 Å². The van der Waals surface area contributed by atoms with Crippen molar-refractivity contribution in [2.24, 2.45) is 0 Å². The van der Waals surface area contributed by atoms with Gasteiger partial charge in [0.05, 0.1) is 6.61 Å². The summed E-state index contributed by atoms with van der Waals surface area (Å²) in [6.07, 6.45) is 0. The first kappa shape index (κ1) is 11.6. The number of hydrogen-bond acceptors (Lipinski definition) is 3. The number of nitrogens with two attached hydrogens (primary N) is 1. The molecule has 78 valence electrons. The molecule has 1 aromatic rings. The summed E-state index contributed by atoms with van der Waals surface area (Å²) in [7, 11) is 0. The van der Waals surface area contributed by atoms with Crippen molar-refractivity contribution >= 4 is 27.6 Å². The van der Waals surface area contributed by atoms with Crippen molar-refractivity contribution in [3.05, 3.63) is 28.2 Å². The number of esters is 1. The normalized spacial score (nSPS) is 8.93. The molecule has 0 unspecified atom stereocenters. The molecule has 0 aromatic heterocycles. The highest BCUT2D eigenvalue weighted by Crippen LogP contribution is 2.17. The zero-order valence-electron chi connectivity index (χ0n) is 8.21. The quantitative estimate of drug-likeness (QED) is 0.481. The minimum atomic E-state index is -0.542. The van der Waals surface area contributed by atoms with E-state index in [1.54, 1.807) is 19.1 Å². The van der Waals surface area contributed by atoms with Crippen molar-refractivity contribution < 1.29 is 9.53 Å². The van der Waals surface area contributed by atoms with Crippen molar-refractivity contribution in [1.29, 1.82) is 0 Å². The summed E-state index contributed by atoms with van der Waals surface area (Å²) in [6, 6.07) is 5.28. The summed E-state index contributed by atoms with van der Waals surface area (Å²) >= 11 is 3.28. The maximum Gasteiger partial charge on any atom is 0.384 e. The van der Waals surface area contributed by atoms with Crippen LogP contribution in [0.2, 0.25) is 0 Å². The highest BCUT2D eigenvalue weighted by Gasteiger charge is 1.97. The van der Waals surface area contributed by atoms with Crippen LogP contribution < -0.4 is 5.73 Å². The van der Waals surface area contributed by atoms with E-state index in [4.69, 9.17) is 5.73 Å². The van der Waals surface area contributed by atoms with Crippen molar-refractivity contribution in [3.8, 4) is 11.8 Å². The second-order valence-corrected chi connectivity index (χ2v) is 3.62. The number of carbonyl (C=O) groups is 1. The Labute approximate surface area is 96.7 Å². The SMILES string of the molecule is CCOC(=O)C#Cc1ccc(Br)cc1N. The number of carbonyl (C=O) groups excluding carboxylic acids is 1. The summed E-state index contributed by atoms with van der Waals surface area (Å²) in [6.45, 7) is 2.05. The van der Waals surface area contributed by atoms with Crippen LogP contribution in [0.1, 0.15) is 12.5 Å². The second-order valence-electron chi connectivity index (χ2n) is 2.70. The van der Waals surface area contributed by atoms with Gasteiger partial charge in [-0.3, -0.25) is 0 Å². The van der Waals surface area contributed by atoms with Gasteiger partial charge in [0, 0.05) is 21.6 Å². The number of anilines is 1. The molecule has 0 aliphatic heterocycles. The highest BCUT2D eigenvalue weighted by molar-refractivity contribution is 9.10. The zero-order valence-corrected chi connectivity index (χ0v) is 9.80. The van der Waals surface area contributed by atoms with Crippen LogP contribution in [0, 0.1) is 11.8 Å². The van der Waals surface area contributed by atoms with Gasteiger partial charge in [-0.15, -0.1) is 0 Å². The third-order valence-electron chi connectivity index (χ3n) is 1.59. The van der Waals surface area contributed by atoms with Gasteiger partial charge in [-0.25, -0.2) is 4.79 Å². The maximum atomic E-state index is 10.9. The Balaban J connectivity index is 2.84. The molecule has 0 radical (unpaired) electrons. The fraction of sp³-hybridized carbons (Fsp3) is 0.182. The smallest absolute Gasteiger partial charge is 0.384 e. The third kappa shape index (κ3) is 3.64. The molecule has 0 spiro atoms. The lowest BCUT2D eigenvalue weighted by Gasteiger charge is -1.97. The number of halogens is 1. The molecule has 0 atom stereocenters. The summed E-state index contributed by atoms with van der Waals surface area (Å²) in [5, 5.41) is 0. The predicted octanol–water partition coefficient (Wildman–Crippen LogP) is 1.95. The first-order chi connectivity index (χ1) is 7.13. The van der Waals surface area contributed by atoms with Crippen LogP contribution in [0.5, 0.6) is 0 Å². The Bertz CT molecular complexity index is 432. The van der Waals surface area contributed by atoms with E-state index >= 15 is 0 Å². The topological polar surface area (TPSA) is 52.3 Å². The molecule has 4 heteroatoms. The summed E-state index contributed by atoms with van der Waals surface area (Å²) in [5.74, 6) is 4.47. The van der Waals surface area contributed by atoms with E-state index in [2.05, 4.69) is 32.5 Å². The average molecular weight is 268 g/mol. The minimum absolute atomic E-state index is 0.323. The molecule has 1 aromatic carbocycles. The molecule has 0 bridgehead atoms. The molecule has 1 rings (SSSR count). The van der Waals surface area contributed by atoms with Crippen LogP contribution >= 0.6 is 15.9 Å². The van der Waals surface area contributed by atoms with Gasteiger partial charge in [0.25, 0.3) is 0 Å². The van der Waals surface area contributed by atoms with Crippen LogP contribution in [-0.2, 0) is 9.53 Å². The van der Waals surface area contributed by atoms with Gasteiger partial charge in [-0.1, -0.05) is 21.9 Å². The Morgan fingerprint density at radius 1 is 1.60 bits per heavy atom. The molecule has 0 aliphatic carbocycles. The first-order valence-electron chi connectivity index (χ1n) is 4.37. The number of nitrogen functional groups attached to an aromatic ring is 1. The predicted molar refractivity (Wildman–Crippen MR) is 62.1 cm³/mol. The number of benzene rings is 1. The molecule has 0 aliphatic rings. The lowest BCUT2D eigenvalue weighted by molar-refractivity contribution is -0.136. The van der Waals surface area contributed by atoms with E-state index in [9.17, 15) is 4.79 Å². The fourth-order valence-electron chi connectivity index (χ4n) is 0.933. The van der Waals surface area contributed by atoms with Gasteiger partial charge in [0.1, 0.15) is 0 Å². The van der Waals surface area contributed by atoms with Gasteiger partial charge in [0.15, 0.2) is 0 Å². The van der Waals surface area contributed by atoms with Gasteiger partial charge in [0.2, 0.25) is 0 Å². The van der Waals surface area contributed by atoms with Crippen LogP contribution in [-0.4, -0.2) is 12.6 Å². The van der Waals surface area contributed by atoms with E-state index in [0.29, 0.717) is 17.9 Å². The van der Waals surface area contributed by atoms with E-state index in [1.165, 1.54) is 0 Å². The van der Waals surface area contributed by atoms with Gasteiger partial charge in [-0.05, 0) is 25.1 Å². The van der Waals surface area contributed by atoms with Gasteiger partial charge in [-0.2, -0.15) is 0 Å². The lowest BCUT2D eigenvalue weighted by Crippen LogP contribution is -2.00. The molecule has 0 fully saturated rings. The summed E-state index contributed by atoms with van der Waals surface area (Å²) < 4.78 is 5.54. The van der Waals surface area contributed by atoms with Crippen molar-refractivity contribution in [2.45, 2.75) is 6.92 Å².